The summed E-state index contributed by atoms with van der Waals surface area (Å²) in [5, 5.41) is 12.7. The van der Waals surface area contributed by atoms with Crippen molar-refractivity contribution in [1.29, 1.82) is 0 Å². The van der Waals surface area contributed by atoms with Crippen LogP contribution in [0.4, 0.5) is 5.69 Å². The number of carboxylic acids is 1. The summed E-state index contributed by atoms with van der Waals surface area (Å²) in [6.45, 7) is 3.81. The van der Waals surface area contributed by atoms with Gasteiger partial charge in [-0.25, -0.2) is 9.78 Å². The number of benzene rings is 1. The zero-order valence-corrected chi connectivity index (χ0v) is 16.5. The van der Waals surface area contributed by atoms with Crippen LogP contribution in [0.2, 0.25) is 0 Å². The van der Waals surface area contributed by atoms with Crippen LogP contribution in [0.5, 0.6) is 0 Å². The predicted octanol–water partition coefficient (Wildman–Crippen LogP) is 3.94. The number of nitrogens with zero attached hydrogens (tertiary/aromatic N) is 3. The summed E-state index contributed by atoms with van der Waals surface area (Å²) in [6, 6.07) is 15.3. The van der Waals surface area contributed by atoms with E-state index in [0.29, 0.717) is 22.7 Å². The highest BCUT2D eigenvalue weighted by Crippen LogP contribution is 2.26. The molecule has 7 heteroatoms. The number of rotatable bonds is 5. The Morgan fingerprint density at radius 3 is 2.60 bits per heavy atom. The Hall–Kier alpha value is -4.00. The Balaban J connectivity index is 1.85. The average Bonchev–Trinajstić information content (AvgIpc) is 2.74. The summed E-state index contributed by atoms with van der Waals surface area (Å²) in [7, 11) is 0. The van der Waals surface area contributed by atoms with Crippen molar-refractivity contribution in [3.8, 4) is 11.4 Å². The van der Waals surface area contributed by atoms with Crippen LogP contribution in [0.3, 0.4) is 0 Å². The zero-order chi connectivity index (χ0) is 21.3. The second-order valence-electron chi connectivity index (χ2n) is 7.08. The van der Waals surface area contributed by atoms with E-state index in [1.807, 2.05) is 26.0 Å². The van der Waals surface area contributed by atoms with E-state index in [0.717, 1.165) is 11.1 Å². The van der Waals surface area contributed by atoms with Crippen molar-refractivity contribution in [2.24, 2.45) is 0 Å². The number of hydrogen-bond donors (Lipinski definition) is 2. The molecule has 0 amide bonds. The fourth-order valence-corrected chi connectivity index (χ4v) is 3.44. The first kappa shape index (κ1) is 19.3. The summed E-state index contributed by atoms with van der Waals surface area (Å²) >= 11 is 0. The molecule has 0 aliphatic carbocycles. The molecule has 0 saturated heterocycles. The minimum Gasteiger partial charge on any atom is -0.478 e. The van der Waals surface area contributed by atoms with E-state index in [1.165, 1.54) is 10.5 Å². The number of carbonyl (C=O) groups is 1. The fourth-order valence-electron chi connectivity index (χ4n) is 3.44. The van der Waals surface area contributed by atoms with Gasteiger partial charge in [0.15, 0.2) is 0 Å². The van der Waals surface area contributed by atoms with Gasteiger partial charge in [0, 0.05) is 29.7 Å². The van der Waals surface area contributed by atoms with Gasteiger partial charge in [0.05, 0.1) is 23.0 Å². The van der Waals surface area contributed by atoms with Crippen molar-refractivity contribution in [2.45, 2.75) is 19.9 Å². The predicted molar refractivity (Wildman–Crippen MR) is 115 cm³/mol. The first-order valence-corrected chi connectivity index (χ1v) is 9.48. The zero-order valence-electron chi connectivity index (χ0n) is 16.5. The standard InChI is InChI=1S/C23H20N4O3/c1-14-11-17(15(2)25-18-8-4-3-7-16(18)23(29)30)22-26-20(12-21(28)27(22)13-14)19-9-5-6-10-24-19/h3-13,15,25H,1-2H3,(H,29,30). The molecule has 1 unspecified atom stereocenters. The third-order valence-electron chi connectivity index (χ3n) is 4.85. The van der Waals surface area contributed by atoms with Gasteiger partial charge < -0.3 is 10.4 Å². The normalized spacial score (nSPS) is 11.9. The van der Waals surface area contributed by atoms with Crippen LogP contribution in [0, 0.1) is 6.92 Å². The van der Waals surface area contributed by atoms with Crippen molar-refractivity contribution < 1.29 is 9.90 Å². The maximum atomic E-state index is 12.8. The average molecular weight is 400 g/mol. The lowest BCUT2D eigenvalue weighted by Gasteiger charge is -2.19. The van der Waals surface area contributed by atoms with Gasteiger partial charge >= 0.3 is 5.97 Å². The molecule has 0 spiro atoms. The van der Waals surface area contributed by atoms with E-state index in [9.17, 15) is 14.7 Å². The van der Waals surface area contributed by atoms with Gasteiger partial charge in [0.2, 0.25) is 0 Å². The highest BCUT2D eigenvalue weighted by molar-refractivity contribution is 5.94. The highest BCUT2D eigenvalue weighted by atomic mass is 16.4. The number of hydrogen-bond acceptors (Lipinski definition) is 5. The topological polar surface area (TPSA) is 96.6 Å². The first-order valence-electron chi connectivity index (χ1n) is 9.48. The van der Waals surface area contributed by atoms with Crippen molar-refractivity contribution in [2.75, 3.05) is 5.32 Å². The quantitative estimate of drug-likeness (QED) is 0.527. The van der Waals surface area contributed by atoms with Gasteiger partial charge in [0.1, 0.15) is 5.65 Å². The Bertz CT molecular complexity index is 1300. The molecule has 0 fully saturated rings. The summed E-state index contributed by atoms with van der Waals surface area (Å²) in [5.74, 6) is -1.01. The molecular weight excluding hydrogens is 380 g/mol. The second-order valence-corrected chi connectivity index (χ2v) is 7.08. The number of aromatic carboxylic acids is 1. The molecule has 0 aliphatic rings. The fraction of sp³-hybridized carbons (Fsp3) is 0.130. The molecule has 1 aromatic carbocycles. The molecule has 0 radical (unpaired) electrons. The molecule has 0 aliphatic heterocycles. The number of aryl methyl sites for hydroxylation is 1. The lowest BCUT2D eigenvalue weighted by atomic mass is 10.1. The third-order valence-corrected chi connectivity index (χ3v) is 4.85. The number of nitrogens with one attached hydrogen (secondary N) is 1. The summed E-state index contributed by atoms with van der Waals surface area (Å²) in [5.41, 5.74) is 3.76. The number of pyridine rings is 2. The van der Waals surface area contributed by atoms with E-state index in [4.69, 9.17) is 4.98 Å². The highest BCUT2D eigenvalue weighted by Gasteiger charge is 2.17. The number of para-hydroxylation sites is 1. The Kier molecular flexibility index (Phi) is 5.02. The van der Waals surface area contributed by atoms with Crippen molar-refractivity contribution in [3.63, 3.8) is 0 Å². The van der Waals surface area contributed by atoms with Gasteiger partial charge in [-0.3, -0.25) is 14.2 Å². The van der Waals surface area contributed by atoms with E-state index in [2.05, 4.69) is 10.3 Å². The van der Waals surface area contributed by atoms with E-state index < -0.39 is 5.97 Å². The third kappa shape index (κ3) is 3.65. The lowest BCUT2D eigenvalue weighted by molar-refractivity contribution is 0.0698. The molecule has 1 atom stereocenters. The molecule has 0 saturated carbocycles. The molecule has 7 nitrogen and oxygen atoms in total. The summed E-state index contributed by atoms with van der Waals surface area (Å²) < 4.78 is 1.51. The molecule has 3 heterocycles. The largest absolute Gasteiger partial charge is 0.478 e. The van der Waals surface area contributed by atoms with Crippen molar-refractivity contribution >= 4 is 17.3 Å². The second kappa shape index (κ2) is 7.79. The SMILES string of the molecule is Cc1cc(C(C)Nc2ccccc2C(=O)O)c2nc(-c3ccccn3)cc(=O)n2c1. The van der Waals surface area contributed by atoms with Gasteiger partial charge in [-0.1, -0.05) is 18.2 Å². The first-order chi connectivity index (χ1) is 14.4. The van der Waals surface area contributed by atoms with Crippen LogP contribution >= 0.6 is 0 Å². The molecule has 2 N–H and O–H groups in total. The summed E-state index contributed by atoms with van der Waals surface area (Å²) in [6.07, 6.45) is 3.40. The maximum Gasteiger partial charge on any atom is 0.337 e. The van der Waals surface area contributed by atoms with Crippen LogP contribution in [-0.2, 0) is 0 Å². The number of fused-ring (bicyclic) bond motifs is 1. The van der Waals surface area contributed by atoms with Gasteiger partial charge in [0.25, 0.3) is 5.56 Å². The minimum absolute atomic E-state index is 0.181. The molecule has 150 valence electrons. The molecule has 4 aromatic rings. The maximum absolute atomic E-state index is 12.8. The van der Waals surface area contributed by atoms with Crippen LogP contribution in [0.25, 0.3) is 17.0 Å². The molecule has 3 aromatic heterocycles. The van der Waals surface area contributed by atoms with Crippen molar-refractivity contribution in [3.05, 3.63) is 94.0 Å². The molecule has 30 heavy (non-hydrogen) atoms. The number of carboxylic acid groups (broad SMARTS) is 1. The monoisotopic (exact) mass is 400 g/mol. The van der Waals surface area contributed by atoms with Crippen LogP contribution in [-0.4, -0.2) is 25.4 Å². The smallest absolute Gasteiger partial charge is 0.337 e. The molecule has 0 bridgehead atoms. The van der Waals surface area contributed by atoms with Gasteiger partial charge in [-0.15, -0.1) is 0 Å². The number of anilines is 1. The van der Waals surface area contributed by atoms with E-state index in [-0.39, 0.29) is 17.2 Å². The molecule has 4 rings (SSSR count). The minimum atomic E-state index is -1.01. The van der Waals surface area contributed by atoms with Crippen LogP contribution in [0.15, 0.2) is 71.8 Å². The van der Waals surface area contributed by atoms with Gasteiger partial charge in [-0.05, 0) is 49.7 Å². The summed E-state index contributed by atoms with van der Waals surface area (Å²) in [4.78, 5) is 33.4. The van der Waals surface area contributed by atoms with E-state index >= 15 is 0 Å². The Morgan fingerprint density at radius 1 is 1.10 bits per heavy atom. The number of aromatic nitrogens is 3. The van der Waals surface area contributed by atoms with Crippen LogP contribution < -0.4 is 10.9 Å². The Labute approximate surface area is 172 Å². The van der Waals surface area contributed by atoms with Gasteiger partial charge in [-0.2, -0.15) is 0 Å². The molecular formula is C23H20N4O3. The lowest BCUT2D eigenvalue weighted by Crippen LogP contribution is -2.19. The van der Waals surface area contributed by atoms with Crippen LogP contribution in [0.1, 0.15) is 34.5 Å². The Morgan fingerprint density at radius 2 is 1.87 bits per heavy atom. The van der Waals surface area contributed by atoms with Crippen molar-refractivity contribution in [1.82, 2.24) is 14.4 Å². The van der Waals surface area contributed by atoms with E-state index in [1.54, 1.807) is 48.8 Å².